The van der Waals surface area contributed by atoms with E-state index in [-0.39, 0.29) is 17.1 Å². The molecule has 1 aromatic carbocycles. The number of anilines is 2. The van der Waals surface area contributed by atoms with E-state index in [9.17, 15) is 14.9 Å². The number of nitrogens with zero attached hydrogens (tertiary/aromatic N) is 2. The number of rotatable bonds is 4. The molecule has 0 radical (unpaired) electrons. The van der Waals surface area contributed by atoms with E-state index in [1.807, 2.05) is 6.92 Å². The highest BCUT2D eigenvalue weighted by molar-refractivity contribution is 6.30. The maximum Gasteiger partial charge on any atom is 0.339 e. The van der Waals surface area contributed by atoms with Crippen molar-refractivity contribution >= 4 is 34.8 Å². The Bertz CT molecular complexity index is 733. The summed E-state index contributed by atoms with van der Waals surface area (Å²) in [5, 5.41) is 23.1. The minimum atomic E-state index is -1.31. The van der Waals surface area contributed by atoms with Crippen LogP contribution in [0.3, 0.4) is 0 Å². The van der Waals surface area contributed by atoms with Gasteiger partial charge in [0.1, 0.15) is 17.6 Å². The summed E-state index contributed by atoms with van der Waals surface area (Å²) in [6, 6.07) is 6.03. The SMILES string of the molecule is Cc1ccc(Cl)cc1Nc1ncc([N+](=O)[O-])cc1C(=O)O. The number of aromatic nitrogens is 1. The van der Waals surface area contributed by atoms with E-state index in [0.29, 0.717) is 10.7 Å². The molecule has 108 valence electrons. The number of carboxylic acids is 1. The Morgan fingerprint density at radius 2 is 2.14 bits per heavy atom. The lowest BCUT2D eigenvalue weighted by atomic mass is 10.2. The van der Waals surface area contributed by atoms with Gasteiger partial charge in [-0.1, -0.05) is 17.7 Å². The van der Waals surface area contributed by atoms with Crippen molar-refractivity contribution in [3.05, 3.63) is 56.7 Å². The maximum absolute atomic E-state index is 11.2. The monoisotopic (exact) mass is 307 g/mol. The average molecular weight is 308 g/mol. The molecule has 0 fully saturated rings. The summed E-state index contributed by atoms with van der Waals surface area (Å²) in [5.74, 6) is -1.30. The van der Waals surface area contributed by atoms with E-state index in [4.69, 9.17) is 16.7 Å². The van der Waals surface area contributed by atoms with E-state index < -0.39 is 10.9 Å². The van der Waals surface area contributed by atoms with Gasteiger partial charge in [-0.3, -0.25) is 10.1 Å². The highest BCUT2D eigenvalue weighted by Crippen LogP contribution is 2.26. The predicted octanol–water partition coefficient (Wildman–Crippen LogP) is 3.39. The van der Waals surface area contributed by atoms with E-state index in [1.165, 1.54) is 0 Å². The molecule has 0 amide bonds. The Labute approximate surface area is 124 Å². The summed E-state index contributed by atoms with van der Waals surface area (Å²) in [5.41, 5.74) is 0.728. The molecule has 0 aliphatic heterocycles. The Hall–Kier alpha value is -2.67. The fourth-order valence-corrected chi connectivity index (χ4v) is 1.84. The topological polar surface area (TPSA) is 105 Å². The molecule has 8 heteroatoms. The number of hydrogen-bond donors (Lipinski definition) is 2. The number of nitrogens with one attached hydrogen (secondary N) is 1. The van der Waals surface area contributed by atoms with Crippen molar-refractivity contribution < 1.29 is 14.8 Å². The minimum absolute atomic E-state index is 0.0125. The first kappa shape index (κ1) is 14.7. The molecule has 0 aliphatic rings. The number of carbonyl (C=O) groups is 1. The van der Waals surface area contributed by atoms with Gasteiger partial charge < -0.3 is 10.4 Å². The first-order valence-corrected chi connectivity index (χ1v) is 6.17. The highest BCUT2D eigenvalue weighted by Gasteiger charge is 2.18. The van der Waals surface area contributed by atoms with E-state index in [2.05, 4.69) is 10.3 Å². The van der Waals surface area contributed by atoms with Crippen LogP contribution in [0.5, 0.6) is 0 Å². The van der Waals surface area contributed by atoms with Crippen LogP contribution >= 0.6 is 11.6 Å². The lowest BCUT2D eigenvalue weighted by Gasteiger charge is -2.11. The van der Waals surface area contributed by atoms with Gasteiger partial charge >= 0.3 is 5.97 Å². The van der Waals surface area contributed by atoms with E-state index in [0.717, 1.165) is 17.8 Å². The van der Waals surface area contributed by atoms with Crippen molar-refractivity contribution in [2.45, 2.75) is 6.92 Å². The van der Waals surface area contributed by atoms with Crippen molar-refractivity contribution in [3.63, 3.8) is 0 Å². The summed E-state index contributed by atoms with van der Waals surface area (Å²) >= 11 is 5.89. The molecule has 0 unspecified atom stereocenters. The molecule has 0 spiro atoms. The summed E-state index contributed by atoms with van der Waals surface area (Å²) in [6.07, 6.45) is 0.995. The summed E-state index contributed by atoms with van der Waals surface area (Å²) in [4.78, 5) is 25.0. The lowest BCUT2D eigenvalue weighted by Crippen LogP contribution is -2.06. The normalized spacial score (nSPS) is 10.2. The third-order valence-corrected chi connectivity index (χ3v) is 3.00. The minimum Gasteiger partial charge on any atom is -0.478 e. The Kier molecular flexibility index (Phi) is 4.04. The summed E-state index contributed by atoms with van der Waals surface area (Å²) in [6.45, 7) is 1.81. The van der Waals surface area contributed by atoms with E-state index >= 15 is 0 Å². The van der Waals surface area contributed by atoms with Gasteiger partial charge in [0.2, 0.25) is 0 Å². The number of hydrogen-bond acceptors (Lipinski definition) is 5. The number of nitro groups is 1. The van der Waals surface area contributed by atoms with Gasteiger partial charge in [-0.15, -0.1) is 0 Å². The molecule has 1 heterocycles. The van der Waals surface area contributed by atoms with Crippen LogP contribution in [0.4, 0.5) is 17.2 Å². The molecule has 0 saturated carbocycles. The van der Waals surface area contributed by atoms with E-state index in [1.54, 1.807) is 18.2 Å². The Morgan fingerprint density at radius 3 is 2.76 bits per heavy atom. The summed E-state index contributed by atoms with van der Waals surface area (Å²) in [7, 11) is 0. The van der Waals surface area contributed by atoms with Crippen LogP contribution in [0, 0.1) is 17.0 Å². The standard InChI is InChI=1S/C13H10ClN3O4/c1-7-2-3-8(14)4-11(7)16-12-10(13(18)19)5-9(6-15-12)17(20)21/h2-6H,1H3,(H,15,16)(H,18,19). The average Bonchev–Trinajstić information content (AvgIpc) is 2.42. The van der Waals surface area contributed by atoms with Gasteiger partial charge in [0.25, 0.3) is 5.69 Å². The predicted molar refractivity (Wildman–Crippen MR) is 77.3 cm³/mol. The largest absolute Gasteiger partial charge is 0.478 e. The van der Waals surface area contributed by atoms with Crippen molar-refractivity contribution in [2.24, 2.45) is 0 Å². The first-order chi connectivity index (χ1) is 9.88. The van der Waals surface area contributed by atoms with Crippen molar-refractivity contribution in [1.82, 2.24) is 4.98 Å². The Balaban J connectivity index is 2.46. The zero-order valence-corrected chi connectivity index (χ0v) is 11.6. The van der Waals surface area contributed by atoms with Gasteiger partial charge in [-0.2, -0.15) is 0 Å². The van der Waals surface area contributed by atoms with Crippen LogP contribution in [0.2, 0.25) is 5.02 Å². The third-order valence-electron chi connectivity index (χ3n) is 2.77. The molecule has 0 saturated heterocycles. The summed E-state index contributed by atoms with van der Waals surface area (Å²) < 4.78 is 0. The number of carboxylic acid groups (broad SMARTS) is 1. The second-order valence-corrected chi connectivity index (χ2v) is 4.67. The number of halogens is 1. The molecule has 21 heavy (non-hydrogen) atoms. The molecular weight excluding hydrogens is 298 g/mol. The van der Waals surface area contributed by atoms with Crippen molar-refractivity contribution in [2.75, 3.05) is 5.32 Å². The molecule has 0 aliphatic carbocycles. The van der Waals surface area contributed by atoms with Gasteiger partial charge in [-0.25, -0.2) is 9.78 Å². The van der Waals surface area contributed by atoms with Crippen LogP contribution in [-0.2, 0) is 0 Å². The van der Waals surface area contributed by atoms with Gasteiger partial charge in [-0.05, 0) is 24.6 Å². The zero-order chi connectivity index (χ0) is 15.6. The van der Waals surface area contributed by atoms with Crippen LogP contribution in [0.1, 0.15) is 15.9 Å². The number of pyridine rings is 1. The molecule has 2 N–H and O–H groups in total. The molecule has 2 rings (SSSR count). The Morgan fingerprint density at radius 1 is 1.43 bits per heavy atom. The number of aryl methyl sites for hydroxylation is 1. The van der Waals surface area contributed by atoms with Crippen LogP contribution < -0.4 is 5.32 Å². The maximum atomic E-state index is 11.2. The third kappa shape index (κ3) is 3.26. The molecule has 1 aromatic heterocycles. The fraction of sp³-hybridized carbons (Fsp3) is 0.0769. The van der Waals surface area contributed by atoms with Gasteiger partial charge in [0, 0.05) is 16.8 Å². The molecule has 0 bridgehead atoms. The van der Waals surface area contributed by atoms with Crippen LogP contribution in [0.15, 0.2) is 30.5 Å². The quantitative estimate of drug-likeness (QED) is 0.662. The second-order valence-electron chi connectivity index (χ2n) is 4.24. The van der Waals surface area contributed by atoms with Gasteiger partial charge in [0.05, 0.1) is 4.92 Å². The highest BCUT2D eigenvalue weighted by atomic mass is 35.5. The zero-order valence-electron chi connectivity index (χ0n) is 10.8. The molecular formula is C13H10ClN3O4. The molecule has 2 aromatic rings. The number of aromatic carboxylic acids is 1. The lowest BCUT2D eigenvalue weighted by molar-refractivity contribution is -0.385. The van der Waals surface area contributed by atoms with Crippen LogP contribution in [-0.4, -0.2) is 21.0 Å². The van der Waals surface area contributed by atoms with Crippen LogP contribution in [0.25, 0.3) is 0 Å². The second kappa shape index (κ2) is 5.76. The fourth-order valence-electron chi connectivity index (χ4n) is 1.67. The molecule has 7 nitrogen and oxygen atoms in total. The smallest absolute Gasteiger partial charge is 0.339 e. The first-order valence-electron chi connectivity index (χ1n) is 5.79. The number of benzene rings is 1. The van der Waals surface area contributed by atoms with Gasteiger partial charge in [0.15, 0.2) is 0 Å². The molecule has 0 atom stereocenters. The van der Waals surface area contributed by atoms with Crippen molar-refractivity contribution in [3.8, 4) is 0 Å². The van der Waals surface area contributed by atoms with Crippen molar-refractivity contribution in [1.29, 1.82) is 0 Å².